The van der Waals surface area contributed by atoms with E-state index in [1.807, 2.05) is 0 Å². The van der Waals surface area contributed by atoms with Gasteiger partial charge >= 0.3 is 0 Å². The summed E-state index contributed by atoms with van der Waals surface area (Å²) in [4.78, 5) is -0.242. The molecule has 1 fully saturated rings. The highest BCUT2D eigenvalue weighted by atomic mass is 32.2. The topological polar surface area (TPSA) is 101 Å². The molecule has 1 saturated heterocycles. The van der Waals surface area contributed by atoms with Crippen molar-refractivity contribution in [3.05, 3.63) is 18.2 Å². The second-order valence-corrected chi connectivity index (χ2v) is 9.56. The minimum absolute atomic E-state index is 0.0763. The second kappa shape index (κ2) is 6.76. The predicted molar refractivity (Wildman–Crippen MR) is 84.7 cm³/mol. The lowest BCUT2D eigenvalue weighted by Gasteiger charge is -2.31. The smallest absolute Gasteiger partial charge is 0.246 e. The average molecular weight is 363 g/mol. The monoisotopic (exact) mass is 363 g/mol. The molecule has 1 N–H and O–H groups in total. The molecule has 2 rings (SSSR count). The fourth-order valence-electron chi connectivity index (χ4n) is 2.62. The van der Waals surface area contributed by atoms with Crippen LogP contribution in [0.2, 0.25) is 0 Å². The van der Waals surface area contributed by atoms with Crippen molar-refractivity contribution >= 4 is 19.9 Å². The third-order valence-electron chi connectivity index (χ3n) is 3.92. The van der Waals surface area contributed by atoms with Crippen molar-refractivity contribution < 1.29 is 26.7 Å². The quantitative estimate of drug-likeness (QED) is 0.817. The van der Waals surface area contributed by atoms with Crippen LogP contribution in [0.25, 0.3) is 0 Å². The summed E-state index contributed by atoms with van der Waals surface area (Å²) < 4.78 is 55.5. The van der Waals surface area contributed by atoms with Gasteiger partial charge in [0.1, 0.15) is 10.6 Å². The minimum atomic E-state index is -3.90. The first-order valence-corrected chi connectivity index (χ1v) is 10.5. The molecule has 0 saturated carbocycles. The van der Waals surface area contributed by atoms with Crippen molar-refractivity contribution in [1.82, 2.24) is 4.31 Å². The van der Waals surface area contributed by atoms with Crippen molar-refractivity contribution in [1.29, 1.82) is 0 Å². The Kier molecular flexibility index (Phi) is 5.34. The number of methoxy groups -OCH3 is 1. The molecular weight excluding hydrogens is 342 g/mol. The van der Waals surface area contributed by atoms with Gasteiger partial charge < -0.3 is 9.84 Å². The van der Waals surface area contributed by atoms with E-state index in [1.165, 1.54) is 23.5 Å². The van der Waals surface area contributed by atoms with Crippen LogP contribution in [0.15, 0.2) is 28.0 Å². The van der Waals surface area contributed by atoms with E-state index in [9.17, 15) is 21.9 Å². The van der Waals surface area contributed by atoms with Gasteiger partial charge in [0, 0.05) is 26.0 Å². The van der Waals surface area contributed by atoms with Crippen molar-refractivity contribution in [3.63, 3.8) is 0 Å². The second-order valence-electron chi connectivity index (χ2n) is 5.64. The van der Waals surface area contributed by atoms with Crippen LogP contribution in [0.4, 0.5) is 0 Å². The molecule has 0 radical (unpaired) electrons. The minimum Gasteiger partial charge on any atom is -0.495 e. The summed E-state index contributed by atoms with van der Waals surface area (Å²) in [6.07, 6.45) is 2.44. The van der Waals surface area contributed by atoms with E-state index < -0.39 is 19.9 Å². The number of benzene rings is 1. The van der Waals surface area contributed by atoms with Crippen LogP contribution in [0.3, 0.4) is 0 Å². The first kappa shape index (κ1) is 18.2. The zero-order valence-electron chi connectivity index (χ0n) is 13.1. The lowest BCUT2D eigenvalue weighted by atomic mass is 10.0. The fourth-order valence-corrected chi connectivity index (χ4v) is 5.08. The van der Waals surface area contributed by atoms with E-state index in [-0.39, 0.29) is 34.6 Å². The third-order valence-corrected chi connectivity index (χ3v) is 6.92. The molecule has 0 spiro atoms. The van der Waals surface area contributed by atoms with E-state index in [0.29, 0.717) is 13.0 Å². The summed E-state index contributed by atoms with van der Waals surface area (Å²) in [7, 11) is -6.10. The molecule has 1 atom stereocenters. The van der Waals surface area contributed by atoms with Gasteiger partial charge in [-0.05, 0) is 37.0 Å². The Morgan fingerprint density at radius 1 is 1.30 bits per heavy atom. The van der Waals surface area contributed by atoms with Crippen molar-refractivity contribution in [2.45, 2.75) is 22.6 Å². The maximum atomic E-state index is 12.9. The molecule has 0 bridgehead atoms. The SMILES string of the molecule is COc1ccc(S(C)(=O)=O)cc1S(=O)(=O)N1CCCC(CO)C1. The normalized spacial score (nSPS) is 20.4. The predicted octanol–water partition coefficient (Wildman–Crippen LogP) is 0.492. The van der Waals surface area contributed by atoms with Gasteiger partial charge in [-0.1, -0.05) is 0 Å². The van der Waals surface area contributed by atoms with Crippen molar-refractivity contribution in [2.75, 3.05) is 33.1 Å². The van der Waals surface area contributed by atoms with E-state index >= 15 is 0 Å². The zero-order valence-corrected chi connectivity index (χ0v) is 14.7. The molecular formula is C14H21NO6S2. The number of hydrogen-bond donors (Lipinski definition) is 1. The summed E-state index contributed by atoms with van der Waals surface area (Å²) in [5, 5.41) is 9.27. The van der Waals surface area contributed by atoms with Gasteiger partial charge in [0.25, 0.3) is 0 Å². The van der Waals surface area contributed by atoms with Crippen LogP contribution < -0.4 is 4.74 Å². The Labute approximate surface area is 136 Å². The van der Waals surface area contributed by atoms with Crippen LogP contribution >= 0.6 is 0 Å². The van der Waals surface area contributed by atoms with Crippen LogP contribution in [0.5, 0.6) is 5.75 Å². The molecule has 1 aliphatic heterocycles. The fraction of sp³-hybridized carbons (Fsp3) is 0.571. The molecule has 1 heterocycles. The number of hydrogen-bond acceptors (Lipinski definition) is 6. The number of aliphatic hydroxyl groups excluding tert-OH is 1. The molecule has 23 heavy (non-hydrogen) atoms. The first-order chi connectivity index (χ1) is 10.7. The van der Waals surface area contributed by atoms with Crippen LogP contribution in [-0.4, -0.2) is 59.3 Å². The molecule has 130 valence electrons. The summed E-state index contributed by atoms with van der Waals surface area (Å²) in [5.41, 5.74) is 0. The third kappa shape index (κ3) is 3.85. The Hall–Kier alpha value is -1.16. The van der Waals surface area contributed by atoms with E-state index in [0.717, 1.165) is 18.7 Å². The Bertz CT molecular complexity index is 772. The number of sulfonamides is 1. The number of piperidine rings is 1. The molecule has 0 amide bonds. The lowest BCUT2D eigenvalue weighted by Crippen LogP contribution is -2.41. The van der Waals surface area contributed by atoms with Crippen molar-refractivity contribution in [3.8, 4) is 5.75 Å². The standard InChI is InChI=1S/C14H21NO6S2/c1-21-13-6-5-12(22(2,17)18)8-14(13)23(19,20)15-7-3-4-11(9-15)10-16/h5-6,8,11,16H,3-4,7,9-10H2,1-2H3. The Morgan fingerprint density at radius 3 is 2.57 bits per heavy atom. The van der Waals surface area contributed by atoms with Crippen LogP contribution in [-0.2, 0) is 19.9 Å². The van der Waals surface area contributed by atoms with Crippen molar-refractivity contribution in [2.24, 2.45) is 5.92 Å². The highest BCUT2D eigenvalue weighted by Crippen LogP contribution is 2.31. The number of nitrogens with zero attached hydrogens (tertiary/aromatic N) is 1. The molecule has 0 aromatic heterocycles. The molecule has 1 aliphatic rings. The molecule has 1 aromatic rings. The summed E-state index contributed by atoms with van der Waals surface area (Å²) in [6.45, 7) is 0.475. The van der Waals surface area contributed by atoms with E-state index in [2.05, 4.69) is 0 Å². The van der Waals surface area contributed by atoms with E-state index in [4.69, 9.17) is 4.74 Å². The van der Waals surface area contributed by atoms with E-state index in [1.54, 1.807) is 0 Å². The van der Waals surface area contributed by atoms with Crippen LogP contribution in [0.1, 0.15) is 12.8 Å². The summed E-state index contributed by atoms with van der Waals surface area (Å²) >= 11 is 0. The number of ether oxygens (including phenoxy) is 1. The lowest BCUT2D eigenvalue weighted by molar-refractivity contribution is 0.165. The highest BCUT2D eigenvalue weighted by molar-refractivity contribution is 7.91. The maximum Gasteiger partial charge on any atom is 0.246 e. The van der Waals surface area contributed by atoms with Crippen LogP contribution in [0, 0.1) is 5.92 Å². The number of rotatable bonds is 5. The molecule has 7 nitrogen and oxygen atoms in total. The number of aliphatic hydroxyl groups is 1. The Balaban J connectivity index is 2.49. The molecule has 9 heteroatoms. The highest BCUT2D eigenvalue weighted by Gasteiger charge is 2.32. The Morgan fingerprint density at radius 2 is 2.00 bits per heavy atom. The van der Waals surface area contributed by atoms with Gasteiger partial charge in [-0.15, -0.1) is 0 Å². The van der Waals surface area contributed by atoms with Gasteiger partial charge in [-0.2, -0.15) is 4.31 Å². The van der Waals surface area contributed by atoms with Gasteiger partial charge in [0.05, 0.1) is 12.0 Å². The molecule has 0 aliphatic carbocycles. The summed E-state index contributed by atoms with van der Waals surface area (Å²) in [5.74, 6) is -0.00821. The van der Waals surface area contributed by atoms with Gasteiger partial charge in [-0.25, -0.2) is 16.8 Å². The summed E-state index contributed by atoms with van der Waals surface area (Å²) in [6, 6.07) is 3.79. The largest absolute Gasteiger partial charge is 0.495 e. The maximum absolute atomic E-state index is 12.9. The zero-order chi connectivity index (χ0) is 17.3. The average Bonchev–Trinajstić information content (AvgIpc) is 2.53. The number of sulfone groups is 1. The van der Waals surface area contributed by atoms with Gasteiger partial charge in [0.2, 0.25) is 10.0 Å². The first-order valence-electron chi connectivity index (χ1n) is 7.19. The molecule has 1 unspecified atom stereocenters. The van der Waals surface area contributed by atoms with Gasteiger partial charge in [-0.3, -0.25) is 0 Å². The van der Waals surface area contributed by atoms with Gasteiger partial charge in [0.15, 0.2) is 9.84 Å². The molecule has 1 aromatic carbocycles.